The molecular weight excluding hydrogens is 208 g/mol. The van der Waals surface area contributed by atoms with E-state index in [1.165, 1.54) is 0 Å². The molecule has 1 aliphatic rings. The molecule has 1 fully saturated rings. The third-order valence-electron chi connectivity index (χ3n) is 3.78. The number of hydrogen-bond donors (Lipinski definition) is 1. The molecule has 4 heteroatoms. The van der Waals surface area contributed by atoms with Gasteiger partial charge in [0, 0.05) is 0 Å². The highest BCUT2D eigenvalue weighted by Gasteiger charge is 2.45. The van der Waals surface area contributed by atoms with Gasteiger partial charge in [0.1, 0.15) is 0 Å². The molecular formula is C11H22O3Si. The summed E-state index contributed by atoms with van der Waals surface area (Å²) in [7, 11) is -1.79. The van der Waals surface area contributed by atoms with Gasteiger partial charge in [0.25, 0.3) is 0 Å². The van der Waals surface area contributed by atoms with Crippen molar-refractivity contribution < 1.29 is 14.3 Å². The molecule has 0 heterocycles. The predicted molar refractivity (Wildman–Crippen MR) is 62.4 cm³/mol. The van der Waals surface area contributed by atoms with Crippen molar-refractivity contribution in [1.29, 1.82) is 0 Å². The first-order valence-electron chi connectivity index (χ1n) is 5.56. The summed E-state index contributed by atoms with van der Waals surface area (Å²) >= 11 is 0. The third-order valence-corrected chi connectivity index (χ3v) is 8.28. The molecule has 0 saturated heterocycles. The van der Waals surface area contributed by atoms with Crippen LogP contribution < -0.4 is 0 Å². The molecule has 0 aromatic heterocycles. The molecule has 0 bridgehead atoms. The van der Waals surface area contributed by atoms with Crippen molar-refractivity contribution in [2.75, 3.05) is 0 Å². The average Bonchev–Trinajstić information content (AvgIpc) is 1.94. The highest BCUT2D eigenvalue weighted by atomic mass is 28.4. The Kier molecular flexibility index (Phi) is 3.31. The number of carbonyl (C=O) groups is 1. The van der Waals surface area contributed by atoms with Gasteiger partial charge in [-0.05, 0) is 31.0 Å². The lowest BCUT2D eigenvalue weighted by Gasteiger charge is -2.44. The van der Waals surface area contributed by atoms with E-state index in [1.54, 1.807) is 0 Å². The zero-order valence-corrected chi connectivity index (χ0v) is 11.3. The molecule has 3 nitrogen and oxygen atoms in total. The molecule has 1 N–H and O–H groups in total. The number of aliphatic carboxylic acids is 1. The largest absolute Gasteiger partial charge is 0.481 e. The molecule has 2 atom stereocenters. The van der Waals surface area contributed by atoms with Gasteiger partial charge in [-0.2, -0.15) is 0 Å². The second-order valence-corrected chi connectivity index (χ2v) is 10.7. The number of hydrogen-bond acceptors (Lipinski definition) is 2. The van der Waals surface area contributed by atoms with Gasteiger partial charge in [-0.1, -0.05) is 20.8 Å². The normalized spacial score (nSPS) is 27.3. The van der Waals surface area contributed by atoms with Crippen LogP contribution in [-0.4, -0.2) is 25.5 Å². The monoisotopic (exact) mass is 230 g/mol. The van der Waals surface area contributed by atoms with Crippen molar-refractivity contribution in [3.63, 3.8) is 0 Å². The van der Waals surface area contributed by atoms with Crippen molar-refractivity contribution in [2.24, 2.45) is 5.92 Å². The molecule has 2 unspecified atom stereocenters. The number of rotatable bonds is 3. The average molecular weight is 230 g/mol. The van der Waals surface area contributed by atoms with Gasteiger partial charge in [-0.3, -0.25) is 4.79 Å². The van der Waals surface area contributed by atoms with Crippen molar-refractivity contribution in [3.8, 4) is 0 Å². The van der Waals surface area contributed by atoms with E-state index in [4.69, 9.17) is 9.53 Å². The minimum atomic E-state index is -1.79. The molecule has 15 heavy (non-hydrogen) atoms. The minimum absolute atomic E-state index is 0.0385. The number of carboxylic acid groups (broad SMARTS) is 1. The van der Waals surface area contributed by atoms with Crippen molar-refractivity contribution >= 4 is 14.3 Å². The van der Waals surface area contributed by atoms with Gasteiger partial charge < -0.3 is 9.53 Å². The van der Waals surface area contributed by atoms with Gasteiger partial charge >= 0.3 is 5.97 Å². The summed E-state index contributed by atoms with van der Waals surface area (Å²) in [5.41, 5.74) is 0. The zero-order chi connectivity index (χ0) is 11.9. The van der Waals surface area contributed by atoms with E-state index >= 15 is 0 Å². The lowest BCUT2D eigenvalue weighted by atomic mass is 9.82. The van der Waals surface area contributed by atoms with Crippen LogP contribution in [0.5, 0.6) is 0 Å². The molecule has 0 aromatic carbocycles. The smallest absolute Gasteiger partial charge is 0.309 e. The summed E-state index contributed by atoms with van der Waals surface area (Å²) in [5.74, 6) is -0.968. The first kappa shape index (κ1) is 12.7. The lowest BCUT2D eigenvalue weighted by Crippen LogP contribution is -2.50. The van der Waals surface area contributed by atoms with E-state index in [0.717, 1.165) is 12.8 Å². The molecule has 0 aliphatic heterocycles. The maximum atomic E-state index is 10.9. The van der Waals surface area contributed by atoms with Crippen LogP contribution in [0.1, 0.15) is 33.6 Å². The van der Waals surface area contributed by atoms with Crippen LogP contribution in [0.3, 0.4) is 0 Å². The van der Waals surface area contributed by atoms with Crippen molar-refractivity contribution in [3.05, 3.63) is 0 Å². The summed E-state index contributed by atoms with van der Waals surface area (Å²) in [6, 6.07) is 0. The fourth-order valence-electron chi connectivity index (χ4n) is 1.45. The summed E-state index contributed by atoms with van der Waals surface area (Å²) in [4.78, 5) is 10.9. The summed E-state index contributed by atoms with van der Waals surface area (Å²) < 4.78 is 6.07. The fraction of sp³-hybridized carbons (Fsp3) is 0.909. The van der Waals surface area contributed by atoms with Crippen LogP contribution in [0.15, 0.2) is 0 Å². The topological polar surface area (TPSA) is 46.5 Å². The quantitative estimate of drug-likeness (QED) is 0.758. The van der Waals surface area contributed by atoms with Crippen LogP contribution in [0.25, 0.3) is 0 Å². The van der Waals surface area contributed by atoms with Crippen LogP contribution in [0.4, 0.5) is 0 Å². The number of carboxylic acids is 1. The van der Waals surface area contributed by atoms with Crippen molar-refractivity contribution in [2.45, 2.75) is 57.8 Å². The van der Waals surface area contributed by atoms with E-state index < -0.39 is 14.3 Å². The van der Waals surface area contributed by atoms with Crippen LogP contribution in [-0.2, 0) is 9.22 Å². The highest BCUT2D eigenvalue weighted by molar-refractivity contribution is 6.74. The molecule has 0 spiro atoms. The van der Waals surface area contributed by atoms with Gasteiger partial charge in [0.2, 0.25) is 0 Å². The zero-order valence-electron chi connectivity index (χ0n) is 10.3. The Labute approximate surface area is 93.0 Å². The third kappa shape index (κ3) is 2.61. The molecule has 1 aliphatic carbocycles. The van der Waals surface area contributed by atoms with Crippen LogP contribution in [0.2, 0.25) is 18.1 Å². The Morgan fingerprint density at radius 1 is 1.33 bits per heavy atom. The highest BCUT2D eigenvalue weighted by Crippen LogP contribution is 2.41. The molecule has 0 amide bonds. The van der Waals surface area contributed by atoms with Gasteiger partial charge in [0.15, 0.2) is 8.32 Å². The molecule has 1 rings (SSSR count). The summed E-state index contributed by atoms with van der Waals surface area (Å²) in [6.45, 7) is 10.9. The molecule has 88 valence electrons. The second kappa shape index (κ2) is 3.90. The van der Waals surface area contributed by atoms with Gasteiger partial charge in [-0.15, -0.1) is 0 Å². The van der Waals surface area contributed by atoms with E-state index in [-0.39, 0.29) is 17.1 Å². The Hall–Kier alpha value is -0.353. The van der Waals surface area contributed by atoms with E-state index in [1.807, 2.05) is 0 Å². The first-order chi connectivity index (χ1) is 6.65. The molecule has 0 radical (unpaired) electrons. The molecule has 0 aromatic rings. The predicted octanol–water partition coefficient (Wildman–Crippen LogP) is 2.87. The van der Waals surface area contributed by atoms with Gasteiger partial charge in [-0.25, -0.2) is 0 Å². The Morgan fingerprint density at radius 3 is 2.13 bits per heavy atom. The van der Waals surface area contributed by atoms with E-state index in [9.17, 15) is 4.79 Å². The van der Waals surface area contributed by atoms with Crippen molar-refractivity contribution in [1.82, 2.24) is 0 Å². The maximum absolute atomic E-state index is 10.9. The molecule has 1 saturated carbocycles. The fourth-order valence-corrected chi connectivity index (χ4v) is 2.84. The Morgan fingerprint density at radius 2 is 1.87 bits per heavy atom. The standard InChI is InChI=1S/C11H22O3Si/c1-11(2,3)15(4,5)14-9-7-6-8(9)10(12)13/h8-9H,6-7H2,1-5H3,(H,12,13). The van der Waals surface area contributed by atoms with Crippen LogP contribution in [0, 0.1) is 5.92 Å². The SMILES string of the molecule is CC(C)(C)[Si](C)(C)OC1CCC1C(=O)O. The lowest BCUT2D eigenvalue weighted by molar-refractivity contribution is -0.150. The minimum Gasteiger partial charge on any atom is -0.481 e. The maximum Gasteiger partial charge on any atom is 0.309 e. The van der Waals surface area contributed by atoms with E-state index in [0.29, 0.717) is 0 Å². The summed E-state index contributed by atoms with van der Waals surface area (Å²) in [5, 5.41) is 9.10. The van der Waals surface area contributed by atoms with Crippen LogP contribution >= 0.6 is 0 Å². The Bertz CT molecular complexity index is 255. The first-order valence-corrected chi connectivity index (χ1v) is 8.46. The van der Waals surface area contributed by atoms with E-state index in [2.05, 4.69) is 33.9 Å². The summed E-state index contributed by atoms with van der Waals surface area (Å²) in [6.07, 6.45) is 1.64. The Balaban J connectivity index is 2.59. The second-order valence-electron chi connectivity index (χ2n) is 5.94. The van der Waals surface area contributed by atoms with Gasteiger partial charge in [0.05, 0.1) is 12.0 Å².